The maximum Gasteiger partial charge on any atom is 0.0585 e. The Bertz CT molecular complexity index is 1780. The van der Waals surface area contributed by atoms with Crippen LogP contribution in [-0.2, 0) is 0 Å². The molecule has 0 saturated heterocycles. The first-order valence-corrected chi connectivity index (χ1v) is 11.9. The van der Waals surface area contributed by atoms with E-state index in [4.69, 9.17) is 5.73 Å². The molecule has 156 valence electrons. The Kier molecular flexibility index (Phi) is 3.90. The first-order valence-electron chi connectivity index (χ1n) is 11.1. The van der Waals surface area contributed by atoms with Gasteiger partial charge in [-0.1, -0.05) is 72.8 Å². The molecular formula is C30H20N2S. The Balaban J connectivity index is 1.56. The third-order valence-corrected chi connectivity index (χ3v) is 7.78. The van der Waals surface area contributed by atoms with Gasteiger partial charge in [-0.2, -0.15) is 0 Å². The number of hydrogen-bond acceptors (Lipinski definition) is 2. The summed E-state index contributed by atoms with van der Waals surface area (Å²) >= 11 is 1.77. The minimum Gasteiger partial charge on any atom is -0.398 e. The van der Waals surface area contributed by atoms with Gasteiger partial charge in [-0.15, -0.1) is 11.3 Å². The monoisotopic (exact) mass is 440 g/mol. The molecular weight excluding hydrogens is 420 g/mol. The van der Waals surface area contributed by atoms with Gasteiger partial charge in [0.25, 0.3) is 0 Å². The molecule has 0 amide bonds. The van der Waals surface area contributed by atoms with Gasteiger partial charge in [0, 0.05) is 31.8 Å². The van der Waals surface area contributed by atoms with Crippen LogP contribution in [0.15, 0.2) is 109 Å². The smallest absolute Gasteiger partial charge is 0.0585 e. The Morgan fingerprint density at radius 1 is 0.576 bits per heavy atom. The van der Waals surface area contributed by atoms with E-state index in [-0.39, 0.29) is 0 Å². The van der Waals surface area contributed by atoms with Gasteiger partial charge < -0.3 is 10.3 Å². The summed E-state index contributed by atoms with van der Waals surface area (Å²) < 4.78 is 4.81. The third-order valence-electron chi connectivity index (χ3n) is 6.54. The minimum atomic E-state index is 0.834. The zero-order valence-corrected chi connectivity index (χ0v) is 18.6. The summed E-state index contributed by atoms with van der Waals surface area (Å²) in [6.07, 6.45) is 0. The fraction of sp³-hybridized carbons (Fsp3) is 0. The van der Waals surface area contributed by atoms with E-state index in [0.29, 0.717) is 0 Å². The number of thiophene rings is 1. The number of para-hydroxylation sites is 3. The highest BCUT2D eigenvalue weighted by Crippen LogP contribution is 2.42. The van der Waals surface area contributed by atoms with Crippen LogP contribution in [-0.4, -0.2) is 4.57 Å². The van der Waals surface area contributed by atoms with Gasteiger partial charge in [0.2, 0.25) is 0 Å². The van der Waals surface area contributed by atoms with Crippen molar-refractivity contribution in [1.82, 2.24) is 4.57 Å². The van der Waals surface area contributed by atoms with Crippen LogP contribution in [0.3, 0.4) is 0 Å². The van der Waals surface area contributed by atoms with Crippen molar-refractivity contribution in [2.75, 3.05) is 5.73 Å². The standard InChI is InChI=1S/C30H20N2S/c31-25-18-19(17-24-23-12-4-8-16-29(23)33-30(24)25)20-9-1-5-13-26(20)32-27-14-6-2-10-21(27)22-11-3-7-15-28(22)32/h1-18H,31H2. The fourth-order valence-corrected chi connectivity index (χ4v) is 6.21. The summed E-state index contributed by atoms with van der Waals surface area (Å²) in [6.45, 7) is 0. The Morgan fingerprint density at radius 2 is 1.18 bits per heavy atom. The van der Waals surface area contributed by atoms with E-state index in [1.807, 2.05) is 0 Å². The molecule has 3 heteroatoms. The first kappa shape index (κ1) is 18.5. The van der Waals surface area contributed by atoms with Crippen molar-refractivity contribution in [3.05, 3.63) is 109 Å². The summed E-state index contributed by atoms with van der Waals surface area (Å²) in [5.74, 6) is 0. The van der Waals surface area contributed by atoms with E-state index < -0.39 is 0 Å². The van der Waals surface area contributed by atoms with Crippen molar-refractivity contribution in [3.8, 4) is 16.8 Å². The van der Waals surface area contributed by atoms with E-state index in [1.54, 1.807) is 11.3 Å². The zero-order valence-electron chi connectivity index (χ0n) is 17.8. The van der Waals surface area contributed by atoms with Crippen molar-refractivity contribution >= 4 is 59.0 Å². The molecule has 0 bridgehead atoms. The molecule has 2 nitrogen and oxygen atoms in total. The van der Waals surface area contributed by atoms with Crippen molar-refractivity contribution in [3.63, 3.8) is 0 Å². The van der Waals surface area contributed by atoms with E-state index in [9.17, 15) is 0 Å². The highest BCUT2D eigenvalue weighted by Gasteiger charge is 2.16. The fourth-order valence-electron chi connectivity index (χ4n) is 5.10. The Hall–Kier alpha value is -4.08. The molecule has 5 aromatic carbocycles. The lowest BCUT2D eigenvalue weighted by Gasteiger charge is -2.14. The highest BCUT2D eigenvalue weighted by molar-refractivity contribution is 7.26. The normalized spacial score (nSPS) is 11.8. The molecule has 0 radical (unpaired) electrons. The maximum atomic E-state index is 6.61. The van der Waals surface area contributed by atoms with Crippen LogP contribution >= 0.6 is 11.3 Å². The average Bonchev–Trinajstić information content (AvgIpc) is 3.41. The van der Waals surface area contributed by atoms with Crippen LogP contribution in [0.25, 0.3) is 58.8 Å². The summed E-state index contributed by atoms with van der Waals surface area (Å²) in [5.41, 5.74) is 13.3. The molecule has 33 heavy (non-hydrogen) atoms. The molecule has 2 N–H and O–H groups in total. The van der Waals surface area contributed by atoms with Gasteiger partial charge in [0.05, 0.1) is 27.1 Å². The van der Waals surface area contributed by atoms with Gasteiger partial charge in [-0.3, -0.25) is 0 Å². The minimum absolute atomic E-state index is 0.834. The van der Waals surface area contributed by atoms with Crippen LogP contribution in [0.5, 0.6) is 0 Å². The zero-order chi connectivity index (χ0) is 21.9. The maximum absolute atomic E-state index is 6.61. The van der Waals surface area contributed by atoms with E-state index in [2.05, 4.69) is 114 Å². The van der Waals surface area contributed by atoms with Crippen LogP contribution in [0, 0.1) is 0 Å². The second-order valence-corrected chi connectivity index (χ2v) is 9.48. The van der Waals surface area contributed by atoms with E-state index >= 15 is 0 Å². The number of nitrogens with two attached hydrogens (primary N) is 1. The van der Waals surface area contributed by atoms with E-state index in [0.717, 1.165) is 21.6 Å². The van der Waals surface area contributed by atoms with Crippen molar-refractivity contribution in [1.29, 1.82) is 0 Å². The molecule has 7 aromatic rings. The molecule has 7 rings (SSSR count). The molecule has 0 saturated carbocycles. The number of aromatic nitrogens is 1. The summed E-state index contributed by atoms with van der Waals surface area (Å²) in [6, 6.07) is 38.9. The van der Waals surface area contributed by atoms with Crippen molar-refractivity contribution in [2.24, 2.45) is 0 Å². The van der Waals surface area contributed by atoms with Gasteiger partial charge >= 0.3 is 0 Å². The molecule has 0 aliphatic heterocycles. The summed E-state index contributed by atoms with van der Waals surface area (Å²) in [5, 5.41) is 5.02. The molecule has 0 spiro atoms. The number of fused-ring (bicyclic) bond motifs is 6. The Labute approximate surface area is 195 Å². The molecule has 0 fully saturated rings. The van der Waals surface area contributed by atoms with Crippen LogP contribution in [0.2, 0.25) is 0 Å². The number of rotatable bonds is 2. The lowest BCUT2D eigenvalue weighted by Crippen LogP contribution is -1.97. The molecule has 2 heterocycles. The summed E-state index contributed by atoms with van der Waals surface area (Å²) in [4.78, 5) is 0. The van der Waals surface area contributed by atoms with Gasteiger partial charge in [-0.25, -0.2) is 0 Å². The summed E-state index contributed by atoms with van der Waals surface area (Å²) in [7, 11) is 0. The van der Waals surface area contributed by atoms with Crippen LogP contribution in [0.4, 0.5) is 5.69 Å². The lowest BCUT2D eigenvalue weighted by atomic mass is 10.00. The van der Waals surface area contributed by atoms with Crippen molar-refractivity contribution < 1.29 is 0 Å². The molecule has 0 aliphatic rings. The molecule has 0 atom stereocenters. The highest BCUT2D eigenvalue weighted by atomic mass is 32.1. The first-order chi connectivity index (χ1) is 16.3. The number of benzene rings is 5. The number of hydrogen-bond donors (Lipinski definition) is 1. The van der Waals surface area contributed by atoms with Crippen LogP contribution < -0.4 is 5.73 Å². The topological polar surface area (TPSA) is 30.9 Å². The van der Waals surface area contributed by atoms with Gasteiger partial charge in [-0.05, 0) is 42.0 Å². The molecule has 0 unspecified atom stereocenters. The second-order valence-electron chi connectivity index (χ2n) is 8.43. The largest absolute Gasteiger partial charge is 0.398 e. The Morgan fingerprint density at radius 3 is 1.94 bits per heavy atom. The molecule has 2 aromatic heterocycles. The predicted octanol–water partition coefficient (Wildman–Crippen LogP) is 8.40. The molecule has 0 aliphatic carbocycles. The number of nitrogens with zero attached hydrogens (tertiary/aromatic N) is 1. The van der Waals surface area contributed by atoms with Crippen molar-refractivity contribution in [2.45, 2.75) is 0 Å². The van der Waals surface area contributed by atoms with E-state index in [1.165, 1.54) is 42.8 Å². The number of anilines is 1. The van der Waals surface area contributed by atoms with Gasteiger partial charge in [0.1, 0.15) is 0 Å². The van der Waals surface area contributed by atoms with Gasteiger partial charge in [0.15, 0.2) is 0 Å². The second kappa shape index (κ2) is 6.96. The average molecular weight is 441 g/mol. The predicted molar refractivity (Wildman–Crippen MR) is 144 cm³/mol. The quantitative estimate of drug-likeness (QED) is 0.269. The lowest BCUT2D eigenvalue weighted by molar-refractivity contribution is 1.18. The third kappa shape index (κ3) is 2.66. The number of nitrogen functional groups attached to an aromatic ring is 1. The van der Waals surface area contributed by atoms with Crippen LogP contribution in [0.1, 0.15) is 0 Å². The SMILES string of the molecule is Nc1cc(-c2ccccc2-n2c3ccccc3c3ccccc32)cc2c1sc1ccccc12.